The summed E-state index contributed by atoms with van der Waals surface area (Å²) in [5, 5.41) is 13.2. The summed E-state index contributed by atoms with van der Waals surface area (Å²) < 4.78 is 10.8. The molecule has 7 N–H and O–H groups in total. The van der Waals surface area contributed by atoms with Crippen LogP contribution in [-0.2, 0) is 49.6 Å². The Hall–Kier alpha value is -5.85. The van der Waals surface area contributed by atoms with Crippen LogP contribution in [0.25, 0.3) is 0 Å². The fourth-order valence-electron chi connectivity index (χ4n) is 5.77. The number of anilines is 1. The zero-order chi connectivity index (χ0) is 42.7. The summed E-state index contributed by atoms with van der Waals surface area (Å²) >= 11 is 0. The van der Waals surface area contributed by atoms with E-state index >= 15 is 0 Å². The van der Waals surface area contributed by atoms with Crippen LogP contribution in [0.4, 0.5) is 15.3 Å². The number of benzene rings is 1. The van der Waals surface area contributed by atoms with Gasteiger partial charge in [-0.2, -0.15) is 0 Å². The van der Waals surface area contributed by atoms with E-state index in [1.165, 1.54) is 18.9 Å². The lowest BCUT2D eigenvalue weighted by Crippen LogP contribution is -2.54. The molecule has 1 aromatic rings. The average Bonchev–Trinajstić information content (AvgIpc) is 3.46. The van der Waals surface area contributed by atoms with E-state index in [1.807, 2.05) is 13.8 Å². The van der Waals surface area contributed by atoms with Gasteiger partial charge in [0, 0.05) is 57.4 Å². The number of carbonyl (C=O) groups is 9. The molecule has 0 spiro atoms. The quantitative estimate of drug-likeness (QED) is 0.0627. The molecule has 19 heteroatoms. The third kappa shape index (κ3) is 16.8. The van der Waals surface area contributed by atoms with Crippen LogP contribution >= 0.6 is 0 Å². The van der Waals surface area contributed by atoms with Gasteiger partial charge in [-0.25, -0.2) is 9.59 Å². The molecule has 0 fully saturated rings. The van der Waals surface area contributed by atoms with Crippen molar-refractivity contribution in [2.24, 2.45) is 17.6 Å². The third-order valence-corrected chi connectivity index (χ3v) is 8.71. The molecule has 0 radical (unpaired) electrons. The Balaban J connectivity index is 1.90. The molecule has 0 saturated heterocycles. The van der Waals surface area contributed by atoms with Crippen molar-refractivity contribution >= 4 is 59.0 Å². The molecule has 19 nitrogen and oxygen atoms in total. The van der Waals surface area contributed by atoms with Crippen LogP contribution in [-0.4, -0.2) is 121 Å². The SMILES string of the molecule is CC(=O)[C@H](C(C)C)N(C)C(=O)OCc1ccc(NC(=O)[C@H](CCCNC(N)=O)NC(=O)[C@@H](NC(=O)CCOCCNC(=O)CCN2C(=O)C=CC2=O)C(C)C)cc1. The van der Waals surface area contributed by atoms with Gasteiger partial charge in [0.1, 0.15) is 18.7 Å². The molecule has 3 atom stereocenters. The molecular formula is C38H56N8O11. The number of nitrogens with two attached hydrogens (primary N) is 1. The van der Waals surface area contributed by atoms with E-state index < -0.39 is 59.8 Å². The minimum Gasteiger partial charge on any atom is -0.445 e. The summed E-state index contributed by atoms with van der Waals surface area (Å²) in [6.07, 6.45) is 1.87. The zero-order valence-corrected chi connectivity index (χ0v) is 33.4. The maximum Gasteiger partial charge on any atom is 0.410 e. The number of amides is 9. The number of likely N-dealkylation sites (N-methyl/N-ethyl adjacent to an activating group) is 1. The van der Waals surface area contributed by atoms with E-state index in [0.29, 0.717) is 11.3 Å². The van der Waals surface area contributed by atoms with Crippen molar-refractivity contribution in [1.82, 2.24) is 31.1 Å². The summed E-state index contributed by atoms with van der Waals surface area (Å²) in [7, 11) is 1.50. The number of Topliss-reactive ketones (excluding diaryl/α,β-unsaturated/α-hetero) is 1. The summed E-state index contributed by atoms with van der Waals surface area (Å²) in [6, 6.07) is 3.04. The Morgan fingerprint density at radius 1 is 0.807 bits per heavy atom. The van der Waals surface area contributed by atoms with E-state index in [0.717, 1.165) is 17.1 Å². The van der Waals surface area contributed by atoms with E-state index in [4.69, 9.17) is 15.2 Å². The standard InChI is InChI=1S/C38H56N8O11/c1-23(2)33(44-30(49)16-20-56-21-18-40-29(48)15-19-46-31(50)13-14-32(46)51)36(53)43-28(8-7-17-41-37(39)54)35(52)42-27-11-9-26(10-12-27)22-57-38(55)45(6)34(24(3)4)25(5)47/h9-14,23-24,28,33-34H,7-8,15-22H2,1-6H3,(H,40,48)(H,42,52)(H,43,53)(H,44,49)(H3,39,41,54)/t28-,33-,34-/m0/s1. The fraction of sp³-hybridized carbons (Fsp3) is 0.553. The Bertz CT molecular complexity index is 1610. The van der Waals surface area contributed by atoms with Crippen molar-refractivity contribution < 1.29 is 52.6 Å². The molecule has 314 valence electrons. The molecule has 1 aromatic carbocycles. The van der Waals surface area contributed by atoms with Gasteiger partial charge in [0.2, 0.25) is 23.6 Å². The normalized spacial score (nSPS) is 13.8. The Labute approximate surface area is 332 Å². The van der Waals surface area contributed by atoms with Crippen molar-refractivity contribution in [3.05, 3.63) is 42.0 Å². The van der Waals surface area contributed by atoms with Gasteiger partial charge in [-0.15, -0.1) is 0 Å². The van der Waals surface area contributed by atoms with Crippen LogP contribution in [0.1, 0.15) is 65.9 Å². The minimum atomic E-state index is -1.07. The third-order valence-electron chi connectivity index (χ3n) is 8.71. The Kier molecular flexibility index (Phi) is 19.9. The lowest BCUT2D eigenvalue weighted by atomic mass is 10.00. The van der Waals surface area contributed by atoms with E-state index in [2.05, 4.69) is 26.6 Å². The number of rotatable bonds is 24. The average molecular weight is 801 g/mol. The largest absolute Gasteiger partial charge is 0.445 e. The first-order chi connectivity index (χ1) is 26.9. The highest BCUT2D eigenvalue weighted by Crippen LogP contribution is 2.15. The Morgan fingerprint density at radius 2 is 1.46 bits per heavy atom. The van der Waals surface area contributed by atoms with Crippen molar-refractivity contribution in [3.8, 4) is 0 Å². The van der Waals surface area contributed by atoms with E-state index in [-0.39, 0.29) is 88.7 Å². The van der Waals surface area contributed by atoms with E-state index in [9.17, 15) is 43.2 Å². The number of imide groups is 1. The highest BCUT2D eigenvalue weighted by atomic mass is 16.6. The second-order valence-corrected chi connectivity index (χ2v) is 14.1. The number of primary amides is 1. The molecule has 2 rings (SSSR count). The molecule has 9 amide bonds. The highest BCUT2D eigenvalue weighted by Gasteiger charge is 2.30. The molecule has 0 unspecified atom stereocenters. The number of hydrogen-bond donors (Lipinski definition) is 6. The van der Waals surface area contributed by atoms with Crippen LogP contribution in [0.15, 0.2) is 36.4 Å². The van der Waals surface area contributed by atoms with Crippen molar-refractivity contribution in [1.29, 1.82) is 0 Å². The van der Waals surface area contributed by atoms with Gasteiger partial charge in [-0.1, -0.05) is 39.8 Å². The summed E-state index contributed by atoms with van der Waals surface area (Å²) in [5.41, 5.74) is 6.16. The first-order valence-electron chi connectivity index (χ1n) is 18.7. The number of carbonyl (C=O) groups excluding carboxylic acids is 9. The molecule has 1 aliphatic heterocycles. The lowest BCUT2D eigenvalue weighted by molar-refractivity contribution is -0.137. The van der Waals surface area contributed by atoms with Crippen molar-refractivity contribution in [2.45, 2.75) is 85.0 Å². The van der Waals surface area contributed by atoms with Crippen LogP contribution < -0.4 is 32.3 Å². The molecule has 0 bridgehead atoms. The number of ketones is 1. The van der Waals surface area contributed by atoms with Crippen LogP contribution in [0.2, 0.25) is 0 Å². The molecule has 1 heterocycles. The minimum absolute atomic E-state index is 0.00871. The molecule has 0 saturated carbocycles. The highest BCUT2D eigenvalue weighted by molar-refractivity contribution is 6.13. The molecular weight excluding hydrogens is 744 g/mol. The lowest BCUT2D eigenvalue weighted by Gasteiger charge is -2.28. The second kappa shape index (κ2) is 23.9. The number of urea groups is 1. The van der Waals surface area contributed by atoms with Crippen LogP contribution in [0.5, 0.6) is 0 Å². The van der Waals surface area contributed by atoms with Crippen LogP contribution in [0.3, 0.4) is 0 Å². The van der Waals surface area contributed by atoms with Gasteiger partial charge >= 0.3 is 12.1 Å². The smallest absolute Gasteiger partial charge is 0.410 e. The molecule has 57 heavy (non-hydrogen) atoms. The van der Waals surface area contributed by atoms with Crippen molar-refractivity contribution in [2.75, 3.05) is 45.2 Å². The number of nitrogens with one attached hydrogen (secondary N) is 5. The van der Waals surface area contributed by atoms with Gasteiger partial charge in [0.25, 0.3) is 11.8 Å². The number of hydrogen-bond acceptors (Lipinski definition) is 11. The van der Waals surface area contributed by atoms with E-state index in [1.54, 1.807) is 38.1 Å². The van der Waals surface area contributed by atoms with Gasteiger partial charge in [-0.05, 0) is 49.3 Å². The molecule has 0 aromatic heterocycles. The topological polar surface area (TPSA) is 265 Å². The number of ether oxygens (including phenoxy) is 2. The van der Waals surface area contributed by atoms with Crippen LogP contribution in [0, 0.1) is 11.8 Å². The first kappa shape index (κ1) is 47.3. The predicted octanol–water partition coefficient (Wildman–Crippen LogP) is 0.719. The first-order valence-corrected chi connectivity index (χ1v) is 18.7. The summed E-state index contributed by atoms with van der Waals surface area (Å²) in [4.78, 5) is 113. The van der Waals surface area contributed by atoms with Gasteiger partial charge in [0.15, 0.2) is 5.78 Å². The monoisotopic (exact) mass is 800 g/mol. The summed E-state index contributed by atoms with van der Waals surface area (Å²) in [5.74, 6) is -3.59. The summed E-state index contributed by atoms with van der Waals surface area (Å²) in [6.45, 7) is 8.78. The van der Waals surface area contributed by atoms with Gasteiger partial charge in [0.05, 0.1) is 19.3 Å². The maximum absolute atomic E-state index is 13.4. The van der Waals surface area contributed by atoms with Gasteiger partial charge in [-0.3, -0.25) is 38.5 Å². The van der Waals surface area contributed by atoms with Gasteiger partial charge < -0.3 is 46.7 Å². The van der Waals surface area contributed by atoms with Crippen molar-refractivity contribution in [3.63, 3.8) is 0 Å². The number of nitrogens with zero attached hydrogens (tertiary/aromatic N) is 2. The Morgan fingerprint density at radius 3 is 2.04 bits per heavy atom. The molecule has 0 aliphatic carbocycles. The fourth-order valence-corrected chi connectivity index (χ4v) is 5.77. The predicted molar refractivity (Wildman–Crippen MR) is 207 cm³/mol. The second-order valence-electron chi connectivity index (χ2n) is 14.1. The molecule has 1 aliphatic rings. The maximum atomic E-state index is 13.4. The zero-order valence-electron chi connectivity index (χ0n) is 33.4.